The molecule has 10 N–H and O–H groups in total. The normalized spacial score (nSPS) is 5.36. The summed E-state index contributed by atoms with van der Waals surface area (Å²) in [6.07, 6.45) is 1.00. The van der Waals surface area contributed by atoms with Gasteiger partial charge in [0, 0.05) is 27.7 Å². The molecule has 0 saturated heterocycles. The number of hydrogen-bond acceptors (Lipinski definition) is 6. The summed E-state index contributed by atoms with van der Waals surface area (Å²) in [6, 6.07) is 0. The van der Waals surface area contributed by atoms with Gasteiger partial charge in [0.1, 0.15) is 0 Å². The third kappa shape index (κ3) is 20800. The predicted octanol–water partition coefficient (Wildman–Crippen LogP) is -1.08. The van der Waals surface area contributed by atoms with Crippen molar-refractivity contribution in [2.24, 2.45) is 0 Å². The third-order valence-corrected chi connectivity index (χ3v) is 0. The van der Waals surface area contributed by atoms with E-state index in [9.17, 15) is 0 Å². The summed E-state index contributed by atoms with van der Waals surface area (Å²) in [7, 11) is 0. The van der Waals surface area contributed by atoms with Gasteiger partial charge in [-0.05, 0) is 0 Å². The van der Waals surface area contributed by atoms with E-state index in [1.807, 2.05) is 6.92 Å². The summed E-state index contributed by atoms with van der Waals surface area (Å²) in [5.74, 6) is -3.33. The van der Waals surface area contributed by atoms with Crippen molar-refractivity contribution in [1.29, 1.82) is 0 Å². The Morgan fingerprint density at radius 1 is 0.682 bits per heavy atom. The zero-order valence-corrected chi connectivity index (χ0v) is 17.4. The first-order chi connectivity index (χ1) is 8.34. The molecular weight excluding hydrogens is 327 g/mol. The maximum absolute atomic E-state index is 9.00. The van der Waals surface area contributed by atoms with Crippen LogP contribution in [0.25, 0.3) is 0 Å². The molecule has 132 valence electrons. The van der Waals surface area contributed by atoms with E-state index < -0.39 is 23.9 Å². The van der Waals surface area contributed by atoms with Crippen LogP contribution in [0.1, 0.15) is 41.0 Å². The Morgan fingerprint density at radius 2 is 0.682 bits per heavy atom. The molecule has 0 fully saturated rings. The molecule has 0 aliphatic heterocycles. The Hall–Kier alpha value is -0.564. The Balaban J connectivity index is -0.0000000180. The minimum absolute atomic E-state index is 0. The van der Waals surface area contributed by atoms with Gasteiger partial charge in [-0.3, -0.25) is 19.2 Å². The van der Waals surface area contributed by atoms with Gasteiger partial charge in [0.05, 0.1) is 0 Å². The largest absolute Gasteiger partial charge is 1.00 e. The van der Waals surface area contributed by atoms with Crippen LogP contribution in [-0.2, 0) is 19.2 Å². The smallest absolute Gasteiger partial charge is 0.481 e. The average Bonchev–Trinajstić information content (AvgIpc) is 1.97. The van der Waals surface area contributed by atoms with Gasteiger partial charge in [0.15, 0.2) is 0 Å². The molecule has 0 heterocycles. The number of rotatable bonds is 0. The van der Waals surface area contributed by atoms with Crippen LogP contribution in [0.15, 0.2) is 0 Å². The fraction of sp³-hybridized carbons (Fsp3) is 0.545. The maximum atomic E-state index is 9.00. The molecule has 0 aromatic rings. The predicted molar refractivity (Wildman–Crippen MR) is 78.9 cm³/mol. The Labute approximate surface area is 173 Å². The topological polar surface area (TPSA) is 219 Å². The van der Waals surface area contributed by atoms with Crippen molar-refractivity contribution >= 4 is 23.9 Å². The molecule has 0 spiro atoms. The monoisotopic (exact) mass is 356 g/mol. The summed E-state index contributed by atoms with van der Waals surface area (Å²) < 4.78 is 0. The molecule has 0 aromatic heterocycles. The molecule has 0 rings (SSSR count). The van der Waals surface area contributed by atoms with Crippen molar-refractivity contribution in [3.8, 4) is 0 Å². The zero-order chi connectivity index (χ0) is 17.0. The Morgan fingerprint density at radius 3 is 0.682 bits per heavy atom. The van der Waals surface area contributed by atoms with E-state index in [-0.39, 0.29) is 63.7 Å². The van der Waals surface area contributed by atoms with Gasteiger partial charge < -0.3 is 39.7 Å². The maximum Gasteiger partial charge on any atom is 1.00 e. The van der Waals surface area contributed by atoms with E-state index in [4.69, 9.17) is 39.6 Å². The van der Waals surface area contributed by atoms with Gasteiger partial charge in [-0.1, -0.05) is 6.92 Å². The average molecular weight is 356 g/mol. The van der Waals surface area contributed by atoms with Crippen molar-refractivity contribution in [2.75, 3.05) is 0 Å². The van der Waals surface area contributed by atoms with Crippen LogP contribution in [-0.4, -0.2) is 44.3 Å². The molecule has 22 heavy (non-hydrogen) atoms. The van der Waals surface area contributed by atoms with Crippen molar-refractivity contribution in [2.45, 2.75) is 41.0 Å². The van der Waals surface area contributed by atoms with E-state index in [2.05, 4.69) is 6.92 Å². The van der Waals surface area contributed by atoms with Crippen LogP contribution in [0.3, 0.4) is 0 Å². The molecule has 0 unspecified atom stereocenters. The van der Waals surface area contributed by atoms with Crippen LogP contribution in [0.5, 0.6) is 0 Å². The zero-order valence-electron chi connectivity index (χ0n) is 14.3. The summed E-state index contributed by atoms with van der Waals surface area (Å²) in [4.78, 5) is 36.0. The summed E-state index contributed by atoms with van der Waals surface area (Å²) in [6.45, 7) is 9.83. The molecule has 0 aliphatic rings. The second kappa shape index (κ2) is 49.9. The standard InChI is InChI=1S/C3H7.4C2H4O2.K.2H3N/c1-3-2;4*1-2(3)4;;;/h1,3H2,2H3;4*1H3,(H,3,4);;2*1H3/q-1;;;;;+1;;. The van der Waals surface area contributed by atoms with E-state index in [0.29, 0.717) is 0 Å². The molecule has 0 atom stereocenters. The molecule has 0 saturated carbocycles. The van der Waals surface area contributed by atoms with Gasteiger partial charge in [0.2, 0.25) is 0 Å². The second-order valence-electron chi connectivity index (χ2n) is 2.58. The number of hydrogen-bond donors (Lipinski definition) is 6. The van der Waals surface area contributed by atoms with Crippen LogP contribution < -0.4 is 63.7 Å². The molecule has 0 amide bonds. The Kier molecular flexibility index (Phi) is 113. The third-order valence-electron chi connectivity index (χ3n) is 0. The van der Waals surface area contributed by atoms with Crippen molar-refractivity contribution in [3.63, 3.8) is 0 Å². The van der Waals surface area contributed by atoms with Crippen LogP contribution >= 0.6 is 0 Å². The van der Waals surface area contributed by atoms with Gasteiger partial charge in [-0.15, -0.1) is 0 Å². The first-order valence-electron chi connectivity index (χ1n) is 4.92. The SMILES string of the molecule is CC(=O)O.CC(=O)O.CC(=O)O.CC(=O)O.N.N.[CH2-]CC.[K+]. The molecule has 11 heteroatoms. The summed E-state index contributed by atoms with van der Waals surface area (Å²) in [5, 5.41) is 29.7. The van der Waals surface area contributed by atoms with Gasteiger partial charge in [-0.2, -0.15) is 6.42 Å². The first kappa shape index (κ1) is 49.6. The second-order valence-corrected chi connectivity index (χ2v) is 2.58. The van der Waals surface area contributed by atoms with Crippen molar-refractivity contribution in [1.82, 2.24) is 12.3 Å². The van der Waals surface area contributed by atoms with E-state index >= 15 is 0 Å². The molecule has 0 radical (unpaired) electrons. The van der Waals surface area contributed by atoms with Gasteiger partial charge in [0.25, 0.3) is 23.9 Å². The number of carboxylic acid groups (broad SMARTS) is 4. The van der Waals surface area contributed by atoms with Crippen molar-refractivity contribution in [3.05, 3.63) is 6.92 Å². The quantitative estimate of drug-likeness (QED) is 0.227. The van der Waals surface area contributed by atoms with Crippen LogP contribution in [0, 0.1) is 6.92 Å². The van der Waals surface area contributed by atoms with E-state index in [0.717, 1.165) is 34.1 Å². The molecular formula is C11H29KN2O8. The fourth-order valence-corrected chi connectivity index (χ4v) is 0. The number of carboxylic acids is 4. The van der Waals surface area contributed by atoms with E-state index in [1.165, 1.54) is 0 Å². The summed E-state index contributed by atoms with van der Waals surface area (Å²) >= 11 is 0. The minimum atomic E-state index is -0.833. The van der Waals surface area contributed by atoms with E-state index in [1.54, 1.807) is 0 Å². The molecule has 10 nitrogen and oxygen atoms in total. The molecule has 0 aliphatic carbocycles. The molecule has 0 aromatic carbocycles. The van der Waals surface area contributed by atoms with Crippen LogP contribution in [0.2, 0.25) is 0 Å². The first-order valence-corrected chi connectivity index (χ1v) is 4.92. The minimum Gasteiger partial charge on any atom is -0.481 e. The van der Waals surface area contributed by atoms with Gasteiger partial charge >= 0.3 is 51.4 Å². The van der Waals surface area contributed by atoms with Crippen molar-refractivity contribution < 1.29 is 91.0 Å². The fourth-order valence-electron chi connectivity index (χ4n) is 0. The Bertz CT molecular complexity index is 186. The number of aliphatic carboxylic acids is 4. The van der Waals surface area contributed by atoms with Crippen LogP contribution in [0.4, 0.5) is 0 Å². The molecule has 0 bridgehead atoms. The number of carbonyl (C=O) groups is 4. The van der Waals surface area contributed by atoms with Gasteiger partial charge in [-0.25, -0.2) is 0 Å². The summed E-state index contributed by atoms with van der Waals surface area (Å²) in [5.41, 5.74) is 0.